The van der Waals surface area contributed by atoms with Gasteiger partial charge in [0.25, 0.3) is 0 Å². The van der Waals surface area contributed by atoms with Crippen LogP contribution >= 0.6 is 11.8 Å². The zero-order valence-corrected chi connectivity index (χ0v) is 25.3. The van der Waals surface area contributed by atoms with Crippen molar-refractivity contribution in [1.29, 1.82) is 0 Å². The Hall–Kier alpha value is -6.47. The van der Waals surface area contributed by atoms with Gasteiger partial charge in [0.1, 0.15) is 28.7 Å². The number of ether oxygens (including phenoxy) is 1. The van der Waals surface area contributed by atoms with Gasteiger partial charge in [0.05, 0.1) is 33.1 Å². The number of nitrogens with zero attached hydrogens (tertiary/aromatic N) is 8. The van der Waals surface area contributed by atoms with Gasteiger partial charge in [-0.1, -0.05) is 30.0 Å². The predicted molar refractivity (Wildman–Crippen MR) is 178 cm³/mol. The summed E-state index contributed by atoms with van der Waals surface area (Å²) in [6.07, 6.45) is 15.7. The van der Waals surface area contributed by atoms with Crippen molar-refractivity contribution in [2.45, 2.75) is 9.79 Å². The Labute approximate surface area is 271 Å². The maximum absolute atomic E-state index is 6.48. The molecule has 12 nitrogen and oxygen atoms in total. The maximum Gasteiger partial charge on any atom is 0.178 e. The highest BCUT2D eigenvalue weighted by atomic mass is 32.2. The fourth-order valence-corrected chi connectivity index (χ4v) is 6.87. The molecule has 2 aliphatic heterocycles. The molecule has 47 heavy (non-hydrogen) atoms. The number of anilines is 2. The third-order valence-electron chi connectivity index (χ3n) is 7.70. The molecule has 226 valence electrons. The van der Waals surface area contributed by atoms with E-state index in [1.54, 1.807) is 67.4 Å². The minimum absolute atomic E-state index is 0.468. The molecule has 0 aliphatic carbocycles. The van der Waals surface area contributed by atoms with Crippen molar-refractivity contribution >= 4 is 45.8 Å². The number of nitrogens with one attached hydrogen (secondary N) is 3. The molecular formula is C34H23N11OS. The van der Waals surface area contributed by atoms with Gasteiger partial charge in [0.15, 0.2) is 11.6 Å². The minimum atomic E-state index is 0.468. The van der Waals surface area contributed by atoms with Crippen molar-refractivity contribution in [3.8, 4) is 11.5 Å². The van der Waals surface area contributed by atoms with Crippen LogP contribution in [0.1, 0.15) is 23.0 Å². The van der Waals surface area contributed by atoms with Gasteiger partial charge in [-0.3, -0.25) is 15.1 Å². The van der Waals surface area contributed by atoms with Crippen LogP contribution in [0.4, 0.5) is 11.5 Å². The largest absolute Gasteiger partial charge is 0.455 e. The van der Waals surface area contributed by atoms with E-state index in [4.69, 9.17) is 24.7 Å². The van der Waals surface area contributed by atoms with Crippen LogP contribution in [0.5, 0.6) is 11.5 Å². The minimum Gasteiger partial charge on any atom is -0.455 e. The number of benzene rings is 2. The van der Waals surface area contributed by atoms with Crippen LogP contribution < -0.4 is 14.8 Å². The van der Waals surface area contributed by atoms with Gasteiger partial charge < -0.3 is 14.7 Å². The highest BCUT2D eigenvalue weighted by Crippen LogP contribution is 2.55. The lowest BCUT2D eigenvalue weighted by molar-refractivity contribution is 0.454. The van der Waals surface area contributed by atoms with Crippen molar-refractivity contribution in [1.82, 2.24) is 45.1 Å². The summed E-state index contributed by atoms with van der Waals surface area (Å²) in [6, 6.07) is 21.7. The van der Waals surface area contributed by atoms with Crippen LogP contribution in [0.2, 0.25) is 0 Å². The molecule has 0 saturated heterocycles. The first-order chi connectivity index (χ1) is 23.3. The van der Waals surface area contributed by atoms with Crippen LogP contribution in [0, 0.1) is 0 Å². The number of allylic oxidation sites excluding steroid dienone is 2. The van der Waals surface area contributed by atoms with Crippen molar-refractivity contribution in [2.24, 2.45) is 0 Å². The quantitative estimate of drug-likeness (QED) is 0.182. The first-order valence-corrected chi connectivity index (χ1v) is 15.5. The van der Waals surface area contributed by atoms with E-state index in [0.29, 0.717) is 40.0 Å². The average Bonchev–Trinajstić information content (AvgIpc) is 3.95. The van der Waals surface area contributed by atoms with E-state index in [1.807, 2.05) is 54.7 Å². The summed E-state index contributed by atoms with van der Waals surface area (Å²) < 4.78 is 6.48. The summed E-state index contributed by atoms with van der Waals surface area (Å²) in [4.78, 5) is 32.4. The summed E-state index contributed by atoms with van der Waals surface area (Å²) in [6.45, 7) is 0. The number of rotatable bonds is 6. The number of hydrazine groups is 1. The Kier molecular flexibility index (Phi) is 6.38. The number of hydrogen-bond acceptors (Lipinski definition) is 10. The molecule has 0 radical (unpaired) electrons. The van der Waals surface area contributed by atoms with Gasteiger partial charge in [-0.2, -0.15) is 5.10 Å². The monoisotopic (exact) mass is 633 g/mol. The number of para-hydroxylation sites is 1. The number of fused-ring (bicyclic) bond motifs is 2. The molecule has 0 unspecified atom stereocenters. The maximum atomic E-state index is 6.48. The van der Waals surface area contributed by atoms with Gasteiger partial charge in [0.2, 0.25) is 0 Å². The van der Waals surface area contributed by atoms with E-state index >= 15 is 0 Å². The normalized spacial score (nSPS) is 14.2. The molecule has 9 rings (SSSR count). The standard InChI is InChI=1S/C34H23N11OS/c1-2-9-26-24(7-1)46-25-8-3-6-23(32(25)47-26)44-30(33-38-13-5-14-39-33)29(22-20-35-16-17-36-22)28(21-11-15-42-43-21)31(34-40-18-19-41-34)45(44)27-10-4-12-37-27/h1-20,37H,(H,40,41)(H,42,43). The molecule has 7 aromatic rings. The molecular weight excluding hydrogens is 611 g/mol. The van der Waals surface area contributed by atoms with Crippen LogP contribution in [-0.2, 0) is 0 Å². The SMILES string of the molecule is c1cnc(C2=C(c3cnccn3)C(c3cc[nH]n3)=C(c3ncc[nH]3)N(c3ccc[nH]3)N2c2cccc3c2Sc2ccccc2O3)nc1. The zero-order valence-electron chi connectivity index (χ0n) is 24.4. The summed E-state index contributed by atoms with van der Waals surface area (Å²) in [7, 11) is 0. The van der Waals surface area contributed by atoms with E-state index in [1.165, 1.54) is 0 Å². The van der Waals surface area contributed by atoms with Gasteiger partial charge in [-0.15, -0.1) is 0 Å². The number of imidazole rings is 1. The third kappa shape index (κ3) is 4.48. The Bertz CT molecular complexity index is 2250. The second-order valence-electron chi connectivity index (χ2n) is 10.4. The molecule has 0 spiro atoms. The van der Waals surface area contributed by atoms with Crippen molar-refractivity contribution in [3.05, 3.63) is 146 Å². The lowest BCUT2D eigenvalue weighted by Crippen LogP contribution is -2.45. The molecule has 5 aromatic heterocycles. The number of aromatic amines is 3. The lowest BCUT2D eigenvalue weighted by atomic mass is 9.92. The lowest BCUT2D eigenvalue weighted by Gasteiger charge is -2.44. The van der Waals surface area contributed by atoms with Crippen molar-refractivity contribution < 1.29 is 4.74 Å². The molecule has 0 bridgehead atoms. The van der Waals surface area contributed by atoms with E-state index in [0.717, 1.165) is 38.4 Å². The fraction of sp³-hybridized carbons (Fsp3) is 0. The second kappa shape index (κ2) is 11.2. The van der Waals surface area contributed by atoms with Crippen molar-refractivity contribution in [2.75, 3.05) is 10.0 Å². The molecule has 0 atom stereocenters. The van der Waals surface area contributed by atoms with Gasteiger partial charge >= 0.3 is 0 Å². The summed E-state index contributed by atoms with van der Waals surface area (Å²) in [5.41, 5.74) is 4.92. The highest BCUT2D eigenvalue weighted by molar-refractivity contribution is 7.99. The van der Waals surface area contributed by atoms with Gasteiger partial charge in [0, 0.05) is 60.7 Å². The van der Waals surface area contributed by atoms with E-state index in [2.05, 4.69) is 47.3 Å². The van der Waals surface area contributed by atoms with E-state index < -0.39 is 0 Å². The molecule has 7 heterocycles. The molecule has 2 aliphatic rings. The Morgan fingerprint density at radius 3 is 2.32 bits per heavy atom. The third-order valence-corrected chi connectivity index (χ3v) is 8.87. The smallest absolute Gasteiger partial charge is 0.178 e. The Balaban J connectivity index is 1.44. The first kappa shape index (κ1) is 26.9. The fourth-order valence-electron chi connectivity index (χ4n) is 5.83. The Morgan fingerprint density at radius 2 is 1.53 bits per heavy atom. The molecule has 0 saturated carbocycles. The van der Waals surface area contributed by atoms with Crippen molar-refractivity contribution in [3.63, 3.8) is 0 Å². The second-order valence-corrected chi connectivity index (χ2v) is 11.5. The average molecular weight is 634 g/mol. The van der Waals surface area contributed by atoms with Crippen LogP contribution in [-0.4, -0.2) is 45.1 Å². The first-order valence-electron chi connectivity index (χ1n) is 14.7. The molecule has 0 fully saturated rings. The number of aromatic nitrogens is 9. The summed E-state index contributed by atoms with van der Waals surface area (Å²) in [5.74, 6) is 3.37. The predicted octanol–water partition coefficient (Wildman–Crippen LogP) is 6.68. The Morgan fingerprint density at radius 1 is 0.638 bits per heavy atom. The summed E-state index contributed by atoms with van der Waals surface area (Å²) >= 11 is 1.64. The molecule has 0 amide bonds. The summed E-state index contributed by atoms with van der Waals surface area (Å²) in [5, 5.41) is 11.9. The highest BCUT2D eigenvalue weighted by Gasteiger charge is 2.42. The van der Waals surface area contributed by atoms with E-state index in [-0.39, 0.29) is 0 Å². The van der Waals surface area contributed by atoms with E-state index in [9.17, 15) is 0 Å². The topological polar surface area (TPSA) is 140 Å². The van der Waals surface area contributed by atoms with Gasteiger partial charge in [-0.05, 0) is 48.5 Å². The van der Waals surface area contributed by atoms with Crippen LogP contribution in [0.3, 0.4) is 0 Å². The molecule has 3 N–H and O–H groups in total. The number of hydrogen-bond donors (Lipinski definition) is 3. The zero-order chi connectivity index (χ0) is 31.2. The number of H-pyrrole nitrogens is 3. The van der Waals surface area contributed by atoms with Gasteiger partial charge in [-0.25, -0.2) is 25.0 Å². The van der Waals surface area contributed by atoms with Crippen LogP contribution in [0.15, 0.2) is 132 Å². The van der Waals surface area contributed by atoms with Crippen LogP contribution in [0.25, 0.3) is 22.5 Å². The molecule has 13 heteroatoms. The molecule has 2 aromatic carbocycles.